The summed E-state index contributed by atoms with van der Waals surface area (Å²) in [6.45, 7) is 0.984. The lowest BCUT2D eigenvalue weighted by Gasteiger charge is -2.32. The third-order valence-electron chi connectivity index (χ3n) is 3.88. The van der Waals surface area contributed by atoms with Crippen LogP contribution in [0.15, 0.2) is 24.3 Å². The van der Waals surface area contributed by atoms with E-state index in [9.17, 15) is 13.2 Å². The van der Waals surface area contributed by atoms with E-state index in [4.69, 9.17) is 4.74 Å². The molecule has 0 radical (unpaired) electrons. The molecule has 2 heterocycles. The molecule has 1 amide bonds. The average molecular weight is 295 g/mol. The molecule has 0 aromatic heterocycles. The molecule has 20 heavy (non-hydrogen) atoms. The van der Waals surface area contributed by atoms with Crippen molar-refractivity contribution in [2.75, 3.05) is 31.2 Å². The van der Waals surface area contributed by atoms with Crippen molar-refractivity contribution >= 4 is 15.7 Å². The first-order chi connectivity index (χ1) is 9.55. The highest BCUT2D eigenvalue weighted by molar-refractivity contribution is 7.91. The van der Waals surface area contributed by atoms with Crippen LogP contribution in [0.25, 0.3) is 0 Å². The SMILES string of the molecule is O=C([C@H]1COc2ccccc2C1)N1CCS(=O)(=O)CC1. The maximum Gasteiger partial charge on any atom is 0.229 e. The maximum absolute atomic E-state index is 12.4. The highest BCUT2D eigenvalue weighted by atomic mass is 32.2. The zero-order valence-corrected chi connectivity index (χ0v) is 11.9. The van der Waals surface area contributed by atoms with Crippen molar-refractivity contribution in [1.29, 1.82) is 0 Å². The Morgan fingerprint density at radius 3 is 2.65 bits per heavy atom. The Labute approximate surface area is 118 Å². The number of hydrogen-bond acceptors (Lipinski definition) is 4. The highest BCUT2D eigenvalue weighted by Crippen LogP contribution is 2.27. The lowest BCUT2D eigenvalue weighted by Crippen LogP contribution is -2.48. The summed E-state index contributed by atoms with van der Waals surface area (Å²) in [6, 6.07) is 7.72. The molecule has 0 unspecified atom stereocenters. The molecular formula is C14H17NO4S. The van der Waals surface area contributed by atoms with Crippen LogP contribution in [0.5, 0.6) is 5.75 Å². The summed E-state index contributed by atoms with van der Waals surface area (Å²) >= 11 is 0. The Morgan fingerprint density at radius 1 is 1.20 bits per heavy atom. The molecule has 2 aliphatic heterocycles. The highest BCUT2D eigenvalue weighted by Gasteiger charge is 2.32. The Kier molecular flexibility index (Phi) is 3.41. The van der Waals surface area contributed by atoms with Gasteiger partial charge >= 0.3 is 0 Å². The second kappa shape index (κ2) is 5.09. The van der Waals surface area contributed by atoms with Gasteiger partial charge in [-0.3, -0.25) is 4.79 Å². The van der Waals surface area contributed by atoms with Crippen LogP contribution in [0, 0.1) is 5.92 Å². The number of hydrogen-bond donors (Lipinski definition) is 0. The van der Waals surface area contributed by atoms with E-state index in [-0.39, 0.29) is 23.3 Å². The van der Waals surface area contributed by atoms with Crippen LogP contribution in [0.4, 0.5) is 0 Å². The molecule has 5 nitrogen and oxygen atoms in total. The predicted molar refractivity (Wildman–Crippen MR) is 74.4 cm³/mol. The molecule has 0 aliphatic carbocycles. The largest absolute Gasteiger partial charge is 0.492 e. The van der Waals surface area contributed by atoms with E-state index in [1.165, 1.54) is 0 Å². The lowest BCUT2D eigenvalue weighted by atomic mass is 9.95. The number of benzene rings is 1. The Hall–Kier alpha value is -1.56. The summed E-state index contributed by atoms with van der Waals surface area (Å²) in [5.74, 6) is 0.795. The molecule has 0 bridgehead atoms. The molecule has 0 saturated carbocycles. The van der Waals surface area contributed by atoms with Gasteiger partial charge in [0, 0.05) is 13.1 Å². The van der Waals surface area contributed by atoms with E-state index in [2.05, 4.69) is 0 Å². The van der Waals surface area contributed by atoms with Crippen LogP contribution < -0.4 is 4.74 Å². The zero-order chi connectivity index (χ0) is 14.2. The van der Waals surface area contributed by atoms with Gasteiger partial charge in [0.05, 0.1) is 17.4 Å². The van der Waals surface area contributed by atoms with Gasteiger partial charge in [-0.15, -0.1) is 0 Å². The minimum Gasteiger partial charge on any atom is -0.492 e. The third-order valence-corrected chi connectivity index (χ3v) is 5.49. The van der Waals surface area contributed by atoms with E-state index in [0.29, 0.717) is 26.1 Å². The Balaban J connectivity index is 1.68. The number of carbonyl (C=O) groups is 1. The second-order valence-corrected chi connectivity index (χ2v) is 7.60. The van der Waals surface area contributed by atoms with E-state index in [0.717, 1.165) is 11.3 Å². The van der Waals surface area contributed by atoms with E-state index in [1.807, 2.05) is 24.3 Å². The summed E-state index contributed by atoms with van der Waals surface area (Å²) in [6.07, 6.45) is 0.665. The number of ether oxygens (including phenoxy) is 1. The van der Waals surface area contributed by atoms with Gasteiger partial charge in [0.2, 0.25) is 5.91 Å². The smallest absolute Gasteiger partial charge is 0.229 e. The molecule has 2 aliphatic rings. The van der Waals surface area contributed by atoms with Gasteiger partial charge in [0.15, 0.2) is 9.84 Å². The van der Waals surface area contributed by atoms with Crippen molar-refractivity contribution in [2.45, 2.75) is 6.42 Å². The number of rotatable bonds is 1. The van der Waals surface area contributed by atoms with Crippen molar-refractivity contribution in [3.8, 4) is 5.75 Å². The second-order valence-electron chi connectivity index (χ2n) is 5.30. The molecule has 6 heteroatoms. The minimum absolute atomic E-state index is 0.00871. The van der Waals surface area contributed by atoms with Crippen LogP contribution >= 0.6 is 0 Å². The van der Waals surface area contributed by atoms with Crippen LogP contribution in [0.3, 0.4) is 0 Å². The summed E-state index contributed by atoms with van der Waals surface area (Å²) in [7, 11) is -2.95. The quantitative estimate of drug-likeness (QED) is 0.756. The predicted octanol–water partition coefficient (Wildman–Crippen LogP) is 0.495. The van der Waals surface area contributed by atoms with E-state index >= 15 is 0 Å². The van der Waals surface area contributed by atoms with Gasteiger partial charge in [-0.1, -0.05) is 18.2 Å². The number of nitrogens with zero attached hydrogens (tertiary/aromatic N) is 1. The fourth-order valence-corrected chi connectivity index (χ4v) is 3.88. The normalized spacial score (nSPS) is 24.6. The number of para-hydroxylation sites is 1. The van der Waals surface area contributed by atoms with Gasteiger partial charge in [-0.2, -0.15) is 0 Å². The molecule has 3 rings (SSSR count). The molecule has 108 valence electrons. The van der Waals surface area contributed by atoms with Gasteiger partial charge in [0.25, 0.3) is 0 Å². The van der Waals surface area contributed by atoms with Crippen molar-refractivity contribution in [2.24, 2.45) is 5.92 Å². The van der Waals surface area contributed by atoms with Crippen LogP contribution in [0.1, 0.15) is 5.56 Å². The Bertz CT molecular complexity index is 612. The molecule has 0 N–H and O–H groups in total. The van der Waals surface area contributed by atoms with Crippen molar-refractivity contribution < 1.29 is 17.9 Å². The summed E-state index contributed by atoms with van der Waals surface area (Å²) in [4.78, 5) is 14.1. The molecule has 1 aromatic rings. The standard InChI is InChI=1S/C14H17NO4S/c16-14(15-5-7-20(17,18)8-6-15)12-9-11-3-1-2-4-13(11)19-10-12/h1-4,12H,5-10H2/t12-/m1/s1. The monoisotopic (exact) mass is 295 g/mol. The molecule has 1 fully saturated rings. The number of amides is 1. The average Bonchev–Trinajstić information content (AvgIpc) is 2.46. The number of fused-ring (bicyclic) bond motifs is 1. The van der Waals surface area contributed by atoms with Crippen molar-refractivity contribution in [3.63, 3.8) is 0 Å². The molecule has 1 aromatic carbocycles. The lowest BCUT2D eigenvalue weighted by molar-refractivity contribution is -0.136. The van der Waals surface area contributed by atoms with Gasteiger partial charge in [0.1, 0.15) is 12.4 Å². The third kappa shape index (κ3) is 2.65. The van der Waals surface area contributed by atoms with Gasteiger partial charge in [-0.25, -0.2) is 8.42 Å². The molecule has 1 saturated heterocycles. The molecule has 0 spiro atoms. The van der Waals surface area contributed by atoms with Gasteiger partial charge in [-0.05, 0) is 18.1 Å². The number of carbonyl (C=O) groups excluding carboxylic acids is 1. The van der Waals surface area contributed by atoms with Crippen molar-refractivity contribution in [1.82, 2.24) is 4.90 Å². The van der Waals surface area contributed by atoms with Crippen LogP contribution in [-0.2, 0) is 21.1 Å². The first-order valence-electron chi connectivity index (χ1n) is 6.75. The topological polar surface area (TPSA) is 63.7 Å². The van der Waals surface area contributed by atoms with Crippen LogP contribution in [0.2, 0.25) is 0 Å². The van der Waals surface area contributed by atoms with Gasteiger partial charge < -0.3 is 9.64 Å². The fourth-order valence-electron chi connectivity index (χ4n) is 2.68. The minimum atomic E-state index is -2.95. The first kappa shape index (κ1) is 13.4. The molecular weight excluding hydrogens is 278 g/mol. The van der Waals surface area contributed by atoms with E-state index < -0.39 is 9.84 Å². The van der Waals surface area contributed by atoms with Crippen LogP contribution in [-0.4, -0.2) is 50.4 Å². The zero-order valence-electron chi connectivity index (χ0n) is 11.1. The summed E-state index contributed by atoms with van der Waals surface area (Å²) in [5, 5.41) is 0. The molecule has 1 atom stereocenters. The van der Waals surface area contributed by atoms with Crippen molar-refractivity contribution in [3.05, 3.63) is 29.8 Å². The Morgan fingerprint density at radius 2 is 1.90 bits per heavy atom. The summed E-state index contributed by atoms with van der Waals surface area (Å²) < 4.78 is 28.4. The first-order valence-corrected chi connectivity index (χ1v) is 8.57. The summed E-state index contributed by atoms with van der Waals surface area (Å²) in [5.41, 5.74) is 1.04. The number of sulfone groups is 1. The fraction of sp³-hybridized carbons (Fsp3) is 0.500. The van der Waals surface area contributed by atoms with E-state index in [1.54, 1.807) is 4.90 Å². The maximum atomic E-state index is 12.4.